The van der Waals surface area contributed by atoms with Crippen molar-refractivity contribution in [3.05, 3.63) is 35.9 Å². The Morgan fingerprint density at radius 2 is 2.07 bits per heavy atom. The van der Waals surface area contributed by atoms with Crippen molar-refractivity contribution in [2.24, 2.45) is 0 Å². The van der Waals surface area contributed by atoms with Gasteiger partial charge >= 0.3 is 5.97 Å². The molecule has 0 spiro atoms. The number of alkyl halides is 1. The third-order valence-electron chi connectivity index (χ3n) is 2.04. The number of carboxylic acids is 1. The maximum Gasteiger partial charge on any atom is 0.339 e. The molecule has 0 amide bonds. The first-order valence-electron chi connectivity index (χ1n) is 4.69. The van der Waals surface area contributed by atoms with Crippen molar-refractivity contribution in [2.75, 3.05) is 13.6 Å². The number of carbonyl (C=O) groups is 1. The van der Waals surface area contributed by atoms with Gasteiger partial charge in [-0.25, -0.2) is 9.18 Å². The Kier molecular flexibility index (Phi) is 4.24. The lowest BCUT2D eigenvalue weighted by atomic mass is 10.2. The van der Waals surface area contributed by atoms with Crippen LogP contribution in [0.2, 0.25) is 0 Å². The first-order chi connectivity index (χ1) is 7.09. The first kappa shape index (κ1) is 11.7. The second kappa shape index (κ2) is 5.46. The summed E-state index contributed by atoms with van der Waals surface area (Å²) in [5.41, 5.74) is 1.04. The highest BCUT2D eigenvalue weighted by molar-refractivity contribution is 5.72. The lowest BCUT2D eigenvalue weighted by Crippen LogP contribution is -2.31. The Hall–Kier alpha value is -1.42. The number of halogens is 1. The van der Waals surface area contributed by atoms with Gasteiger partial charge in [0.2, 0.25) is 6.17 Å². The SMILES string of the molecule is CN(Cc1ccccc1)CC(F)C(=O)O. The normalized spacial score (nSPS) is 12.7. The molecule has 0 aliphatic rings. The van der Waals surface area contributed by atoms with Crippen molar-refractivity contribution in [2.45, 2.75) is 12.7 Å². The van der Waals surface area contributed by atoms with E-state index in [4.69, 9.17) is 5.11 Å². The van der Waals surface area contributed by atoms with Crippen LogP contribution in [0.4, 0.5) is 4.39 Å². The third-order valence-corrected chi connectivity index (χ3v) is 2.04. The molecule has 0 aliphatic heterocycles. The molecule has 1 N–H and O–H groups in total. The smallest absolute Gasteiger partial charge is 0.339 e. The van der Waals surface area contributed by atoms with Crippen molar-refractivity contribution in [3.8, 4) is 0 Å². The van der Waals surface area contributed by atoms with E-state index in [1.807, 2.05) is 30.3 Å². The maximum absolute atomic E-state index is 12.8. The summed E-state index contributed by atoms with van der Waals surface area (Å²) in [7, 11) is 1.70. The summed E-state index contributed by atoms with van der Waals surface area (Å²) in [6.45, 7) is 0.457. The summed E-state index contributed by atoms with van der Waals surface area (Å²) in [5.74, 6) is -1.41. The number of hydrogen-bond acceptors (Lipinski definition) is 2. The summed E-state index contributed by atoms with van der Waals surface area (Å²) in [5, 5.41) is 8.40. The lowest BCUT2D eigenvalue weighted by molar-refractivity contribution is -0.143. The zero-order valence-corrected chi connectivity index (χ0v) is 8.56. The van der Waals surface area contributed by atoms with E-state index in [2.05, 4.69) is 0 Å². The molecule has 0 saturated heterocycles. The van der Waals surface area contributed by atoms with E-state index in [1.54, 1.807) is 11.9 Å². The van der Waals surface area contributed by atoms with Gasteiger partial charge < -0.3 is 5.11 Å². The molecule has 0 aromatic heterocycles. The van der Waals surface area contributed by atoms with Gasteiger partial charge in [-0.1, -0.05) is 30.3 Å². The second-order valence-corrected chi connectivity index (χ2v) is 3.49. The number of aliphatic carboxylic acids is 1. The largest absolute Gasteiger partial charge is 0.479 e. The highest BCUT2D eigenvalue weighted by Crippen LogP contribution is 2.04. The molecule has 1 atom stereocenters. The molecule has 0 fully saturated rings. The van der Waals surface area contributed by atoms with Gasteiger partial charge in [0.05, 0.1) is 0 Å². The van der Waals surface area contributed by atoms with Crippen LogP contribution in [0.25, 0.3) is 0 Å². The van der Waals surface area contributed by atoms with E-state index in [0.717, 1.165) is 5.56 Å². The van der Waals surface area contributed by atoms with Crippen LogP contribution in [0.15, 0.2) is 30.3 Å². The van der Waals surface area contributed by atoms with Crippen LogP contribution in [-0.4, -0.2) is 35.7 Å². The van der Waals surface area contributed by atoms with Crippen molar-refractivity contribution in [3.63, 3.8) is 0 Å². The first-order valence-corrected chi connectivity index (χ1v) is 4.69. The van der Waals surface area contributed by atoms with Crippen LogP contribution >= 0.6 is 0 Å². The van der Waals surface area contributed by atoms with E-state index >= 15 is 0 Å². The summed E-state index contributed by atoms with van der Waals surface area (Å²) >= 11 is 0. The Morgan fingerprint density at radius 1 is 1.47 bits per heavy atom. The summed E-state index contributed by atoms with van der Waals surface area (Å²) < 4.78 is 12.8. The van der Waals surface area contributed by atoms with Crippen LogP contribution in [0, 0.1) is 0 Å². The molecular weight excluding hydrogens is 197 g/mol. The van der Waals surface area contributed by atoms with E-state index < -0.39 is 12.1 Å². The molecule has 0 radical (unpaired) electrons. The molecule has 0 aliphatic carbocycles. The van der Waals surface area contributed by atoms with Gasteiger partial charge in [0.1, 0.15) is 0 Å². The van der Waals surface area contributed by atoms with Gasteiger partial charge in [0, 0.05) is 13.1 Å². The number of hydrogen-bond donors (Lipinski definition) is 1. The van der Waals surface area contributed by atoms with Crippen molar-refractivity contribution in [1.29, 1.82) is 0 Å². The maximum atomic E-state index is 12.8. The predicted octanol–water partition coefficient (Wildman–Crippen LogP) is 1.54. The predicted molar refractivity (Wildman–Crippen MR) is 55.3 cm³/mol. The Labute approximate surface area is 88.1 Å². The van der Waals surface area contributed by atoms with Gasteiger partial charge in [-0.3, -0.25) is 4.90 Å². The minimum Gasteiger partial charge on any atom is -0.479 e. The lowest BCUT2D eigenvalue weighted by Gasteiger charge is -2.17. The summed E-state index contributed by atoms with van der Waals surface area (Å²) in [6, 6.07) is 9.54. The van der Waals surface area contributed by atoms with E-state index in [-0.39, 0.29) is 6.54 Å². The molecule has 15 heavy (non-hydrogen) atoms. The Balaban J connectivity index is 2.43. The number of rotatable bonds is 5. The molecule has 1 aromatic carbocycles. The monoisotopic (exact) mass is 211 g/mol. The Bertz CT molecular complexity index is 316. The number of carboxylic acid groups (broad SMARTS) is 1. The molecule has 1 rings (SSSR count). The molecule has 3 nitrogen and oxygen atoms in total. The molecule has 0 bridgehead atoms. The van der Waals surface area contributed by atoms with Crippen LogP contribution in [0.5, 0.6) is 0 Å². The van der Waals surface area contributed by atoms with E-state index in [0.29, 0.717) is 6.54 Å². The van der Waals surface area contributed by atoms with E-state index in [1.165, 1.54) is 0 Å². The topological polar surface area (TPSA) is 40.5 Å². The fraction of sp³-hybridized carbons (Fsp3) is 0.364. The molecule has 0 saturated carbocycles. The molecule has 1 aromatic rings. The fourth-order valence-corrected chi connectivity index (χ4v) is 1.31. The van der Waals surface area contributed by atoms with Crippen LogP contribution in [0.1, 0.15) is 5.56 Å². The summed E-state index contributed by atoms with van der Waals surface area (Å²) in [6.07, 6.45) is -1.82. The number of benzene rings is 1. The highest BCUT2D eigenvalue weighted by atomic mass is 19.1. The standard InChI is InChI=1S/C11H14FNO2/c1-13(8-10(12)11(14)15)7-9-5-3-2-4-6-9/h2-6,10H,7-8H2,1H3,(H,14,15). The third kappa shape index (κ3) is 4.08. The van der Waals surface area contributed by atoms with Gasteiger partial charge in [-0.15, -0.1) is 0 Å². The van der Waals surface area contributed by atoms with E-state index in [9.17, 15) is 9.18 Å². The van der Waals surface area contributed by atoms with Gasteiger partial charge in [-0.05, 0) is 12.6 Å². The number of nitrogens with zero attached hydrogens (tertiary/aromatic N) is 1. The van der Waals surface area contributed by atoms with Crippen LogP contribution in [0.3, 0.4) is 0 Å². The van der Waals surface area contributed by atoms with Gasteiger partial charge in [-0.2, -0.15) is 0 Å². The summed E-state index contributed by atoms with van der Waals surface area (Å²) in [4.78, 5) is 11.9. The zero-order valence-electron chi connectivity index (χ0n) is 8.56. The fourth-order valence-electron chi connectivity index (χ4n) is 1.31. The minimum atomic E-state index is -1.82. The average Bonchev–Trinajstić information content (AvgIpc) is 2.18. The molecule has 4 heteroatoms. The van der Waals surface area contributed by atoms with Crippen molar-refractivity contribution >= 4 is 5.97 Å². The molecule has 82 valence electrons. The van der Waals surface area contributed by atoms with Crippen molar-refractivity contribution in [1.82, 2.24) is 4.90 Å². The van der Waals surface area contributed by atoms with Gasteiger partial charge in [0.15, 0.2) is 0 Å². The molecule has 0 heterocycles. The van der Waals surface area contributed by atoms with Crippen LogP contribution in [-0.2, 0) is 11.3 Å². The quantitative estimate of drug-likeness (QED) is 0.803. The molecule has 1 unspecified atom stereocenters. The van der Waals surface area contributed by atoms with Crippen molar-refractivity contribution < 1.29 is 14.3 Å². The molecular formula is C11H14FNO2. The van der Waals surface area contributed by atoms with Crippen LogP contribution < -0.4 is 0 Å². The Morgan fingerprint density at radius 3 is 2.60 bits per heavy atom. The highest BCUT2D eigenvalue weighted by Gasteiger charge is 2.17. The zero-order chi connectivity index (χ0) is 11.3. The average molecular weight is 211 g/mol. The minimum absolute atomic E-state index is 0.0930. The van der Waals surface area contributed by atoms with Gasteiger partial charge in [0.25, 0.3) is 0 Å². The second-order valence-electron chi connectivity index (χ2n) is 3.49.